The average molecular weight is 386 g/mol. The molecular weight excluding hydrogens is 364 g/mol. The molecule has 1 fully saturated rings. The molecule has 0 unspecified atom stereocenters. The smallest absolute Gasteiger partial charge is 0.262 e. The van der Waals surface area contributed by atoms with Crippen molar-refractivity contribution in [3.05, 3.63) is 35.4 Å². The minimum atomic E-state index is -0.497. The van der Waals surface area contributed by atoms with Gasteiger partial charge in [-0.3, -0.25) is 28.9 Å². The minimum Gasteiger partial charge on any atom is -0.354 e. The first-order chi connectivity index (χ1) is 13.4. The lowest BCUT2D eigenvalue weighted by Gasteiger charge is -2.34. The summed E-state index contributed by atoms with van der Waals surface area (Å²) in [5, 5.41) is 2.58. The van der Waals surface area contributed by atoms with Gasteiger partial charge in [0.05, 0.1) is 11.1 Å². The molecule has 1 N–H and O–H groups in total. The first-order valence-corrected chi connectivity index (χ1v) is 9.13. The van der Waals surface area contributed by atoms with Crippen molar-refractivity contribution < 1.29 is 24.0 Å². The van der Waals surface area contributed by atoms with Gasteiger partial charge in [-0.2, -0.15) is 0 Å². The number of piperazine rings is 1. The summed E-state index contributed by atoms with van der Waals surface area (Å²) in [7, 11) is 0. The normalized spacial score (nSPS) is 16.2. The van der Waals surface area contributed by atoms with E-state index >= 15 is 0 Å². The van der Waals surface area contributed by atoms with E-state index in [0.29, 0.717) is 37.3 Å². The van der Waals surface area contributed by atoms with Crippen LogP contribution in [-0.4, -0.2) is 83.5 Å². The van der Waals surface area contributed by atoms with Crippen LogP contribution in [0.25, 0.3) is 0 Å². The van der Waals surface area contributed by atoms with E-state index in [9.17, 15) is 24.0 Å². The third-order valence-electron chi connectivity index (χ3n) is 4.92. The number of hydrogen-bond donors (Lipinski definition) is 1. The Morgan fingerprint density at radius 1 is 0.929 bits per heavy atom. The number of hydrogen-bond acceptors (Lipinski definition) is 5. The molecule has 0 bridgehead atoms. The van der Waals surface area contributed by atoms with Crippen molar-refractivity contribution in [1.82, 2.24) is 20.0 Å². The van der Waals surface area contributed by atoms with E-state index in [-0.39, 0.29) is 31.3 Å². The quantitative estimate of drug-likeness (QED) is 0.686. The molecule has 1 saturated heterocycles. The fraction of sp³-hybridized carbons (Fsp3) is 0.421. The predicted octanol–water partition coefficient (Wildman–Crippen LogP) is -0.520. The second-order valence-electron chi connectivity index (χ2n) is 6.73. The lowest BCUT2D eigenvalue weighted by molar-refractivity contribution is -0.138. The molecule has 0 aromatic heterocycles. The molecule has 2 heterocycles. The van der Waals surface area contributed by atoms with Crippen LogP contribution in [0.3, 0.4) is 0 Å². The molecule has 0 radical (unpaired) electrons. The fourth-order valence-corrected chi connectivity index (χ4v) is 3.32. The highest BCUT2D eigenvalue weighted by atomic mass is 16.2. The molecule has 0 spiro atoms. The molecule has 2 aliphatic rings. The van der Waals surface area contributed by atoms with E-state index in [1.54, 1.807) is 34.1 Å². The van der Waals surface area contributed by atoms with Gasteiger partial charge in [0, 0.05) is 46.1 Å². The number of rotatable bonds is 5. The maximum atomic E-state index is 12.2. The van der Waals surface area contributed by atoms with Gasteiger partial charge in [0.15, 0.2) is 0 Å². The van der Waals surface area contributed by atoms with Gasteiger partial charge in [-0.05, 0) is 12.1 Å². The maximum absolute atomic E-state index is 12.2. The van der Waals surface area contributed by atoms with Crippen LogP contribution in [0.2, 0.25) is 0 Å². The number of nitrogens with one attached hydrogen (secondary N) is 1. The minimum absolute atomic E-state index is 0.00693. The summed E-state index contributed by atoms with van der Waals surface area (Å²) in [6.45, 7) is 3.20. The molecular formula is C19H22N4O5. The standard InChI is InChI=1S/C19H22N4O5/c1-13(24)21-8-10-22(11-9-21)17(26)6-7-20-16(25)12-23-18(27)14-4-2-3-5-15(14)19(23)28/h2-5H,6-12H2,1H3,(H,20,25). The molecule has 1 aromatic carbocycles. The highest BCUT2D eigenvalue weighted by Crippen LogP contribution is 2.21. The van der Waals surface area contributed by atoms with Gasteiger partial charge >= 0.3 is 0 Å². The summed E-state index contributed by atoms with van der Waals surface area (Å²) in [4.78, 5) is 64.3. The van der Waals surface area contributed by atoms with Crippen LogP contribution in [0.5, 0.6) is 0 Å². The number of nitrogens with zero attached hydrogens (tertiary/aromatic N) is 3. The van der Waals surface area contributed by atoms with Gasteiger partial charge in [-0.15, -0.1) is 0 Å². The van der Waals surface area contributed by atoms with Crippen molar-refractivity contribution >= 4 is 29.5 Å². The number of carbonyl (C=O) groups excluding carboxylic acids is 5. The van der Waals surface area contributed by atoms with Gasteiger partial charge in [0.25, 0.3) is 11.8 Å². The number of amides is 5. The van der Waals surface area contributed by atoms with Crippen molar-refractivity contribution in [1.29, 1.82) is 0 Å². The molecule has 148 valence electrons. The Morgan fingerprint density at radius 3 is 2.00 bits per heavy atom. The van der Waals surface area contributed by atoms with Crippen LogP contribution in [0, 0.1) is 0 Å². The van der Waals surface area contributed by atoms with E-state index in [1.807, 2.05) is 0 Å². The molecule has 28 heavy (non-hydrogen) atoms. The summed E-state index contributed by atoms with van der Waals surface area (Å²) in [5.41, 5.74) is 0.584. The Morgan fingerprint density at radius 2 is 1.46 bits per heavy atom. The zero-order valence-corrected chi connectivity index (χ0v) is 15.6. The summed E-state index contributed by atoms with van der Waals surface area (Å²) in [6.07, 6.45) is 0.119. The Balaban J connectivity index is 1.42. The first-order valence-electron chi connectivity index (χ1n) is 9.13. The van der Waals surface area contributed by atoms with E-state index in [1.165, 1.54) is 6.92 Å². The van der Waals surface area contributed by atoms with E-state index in [2.05, 4.69) is 5.32 Å². The average Bonchev–Trinajstić information content (AvgIpc) is 2.93. The number of carbonyl (C=O) groups is 5. The monoisotopic (exact) mass is 386 g/mol. The van der Waals surface area contributed by atoms with Gasteiger partial charge < -0.3 is 15.1 Å². The van der Waals surface area contributed by atoms with Crippen LogP contribution in [-0.2, 0) is 14.4 Å². The molecule has 9 heteroatoms. The van der Waals surface area contributed by atoms with Crippen LogP contribution in [0.1, 0.15) is 34.1 Å². The van der Waals surface area contributed by atoms with Crippen molar-refractivity contribution in [2.45, 2.75) is 13.3 Å². The van der Waals surface area contributed by atoms with Gasteiger partial charge in [0.1, 0.15) is 6.54 Å². The Bertz CT molecular complexity index is 794. The highest BCUT2D eigenvalue weighted by molar-refractivity contribution is 6.22. The molecule has 3 rings (SSSR count). The van der Waals surface area contributed by atoms with E-state index < -0.39 is 17.7 Å². The fourth-order valence-electron chi connectivity index (χ4n) is 3.32. The van der Waals surface area contributed by atoms with Crippen molar-refractivity contribution in [2.75, 3.05) is 39.3 Å². The van der Waals surface area contributed by atoms with Crippen molar-refractivity contribution in [2.24, 2.45) is 0 Å². The zero-order valence-electron chi connectivity index (χ0n) is 15.6. The topological polar surface area (TPSA) is 107 Å². The van der Waals surface area contributed by atoms with E-state index in [4.69, 9.17) is 0 Å². The predicted molar refractivity (Wildman–Crippen MR) is 98.3 cm³/mol. The van der Waals surface area contributed by atoms with Crippen LogP contribution in [0.4, 0.5) is 0 Å². The molecule has 0 aliphatic carbocycles. The summed E-state index contributed by atoms with van der Waals surface area (Å²) >= 11 is 0. The van der Waals surface area contributed by atoms with Crippen molar-refractivity contribution in [3.8, 4) is 0 Å². The SMILES string of the molecule is CC(=O)N1CCN(C(=O)CCNC(=O)CN2C(=O)c3ccccc3C2=O)CC1. The molecule has 1 aromatic rings. The summed E-state index contributed by atoms with van der Waals surface area (Å²) < 4.78 is 0. The number of imide groups is 1. The second kappa shape index (κ2) is 8.20. The number of fused-ring (bicyclic) bond motifs is 1. The summed E-state index contributed by atoms with van der Waals surface area (Å²) in [6, 6.07) is 6.43. The van der Waals surface area contributed by atoms with Gasteiger partial charge in [0.2, 0.25) is 17.7 Å². The third-order valence-corrected chi connectivity index (χ3v) is 4.92. The Hall–Kier alpha value is -3.23. The van der Waals surface area contributed by atoms with Crippen LogP contribution < -0.4 is 5.32 Å². The van der Waals surface area contributed by atoms with Crippen LogP contribution >= 0.6 is 0 Å². The maximum Gasteiger partial charge on any atom is 0.262 e. The van der Waals surface area contributed by atoms with Crippen LogP contribution in [0.15, 0.2) is 24.3 Å². The first kappa shape index (κ1) is 19.5. The molecule has 0 saturated carbocycles. The van der Waals surface area contributed by atoms with Gasteiger partial charge in [-0.25, -0.2) is 0 Å². The number of benzene rings is 1. The Kier molecular flexibility index (Phi) is 5.72. The second-order valence-corrected chi connectivity index (χ2v) is 6.73. The molecule has 0 atom stereocenters. The third kappa shape index (κ3) is 4.03. The Labute approximate surface area is 162 Å². The zero-order chi connectivity index (χ0) is 20.3. The largest absolute Gasteiger partial charge is 0.354 e. The van der Waals surface area contributed by atoms with Crippen molar-refractivity contribution in [3.63, 3.8) is 0 Å². The van der Waals surface area contributed by atoms with Gasteiger partial charge in [-0.1, -0.05) is 12.1 Å². The lowest BCUT2D eigenvalue weighted by atomic mass is 10.1. The lowest BCUT2D eigenvalue weighted by Crippen LogP contribution is -2.50. The molecule has 2 aliphatic heterocycles. The molecule has 9 nitrogen and oxygen atoms in total. The summed E-state index contributed by atoms with van der Waals surface area (Å²) in [5.74, 6) is -1.59. The highest BCUT2D eigenvalue weighted by Gasteiger charge is 2.36. The van der Waals surface area contributed by atoms with E-state index in [0.717, 1.165) is 4.90 Å². The molecule has 5 amide bonds.